The van der Waals surface area contributed by atoms with Gasteiger partial charge >= 0.3 is 5.97 Å². The minimum Gasteiger partial charge on any atom is -0.460 e. The van der Waals surface area contributed by atoms with Crippen molar-refractivity contribution in [1.82, 2.24) is 30.1 Å². The molecule has 2 aromatic carbocycles. The smallest absolute Gasteiger partial charge is 0.313 e. The number of carbonyl (C=O) groups excluding carboxylic acids is 4. The van der Waals surface area contributed by atoms with Crippen LogP contribution in [0.4, 0.5) is 0 Å². The van der Waals surface area contributed by atoms with Crippen LogP contribution in [0.3, 0.4) is 0 Å². The van der Waals surface area contributed by atoms with Crippen molar-refractivity contribution in [3.05, 3.63) is 84.5 Å². The largest absolute Gasteiger partial charge is 0.460 e. The Bertz CT molecular complexity index is 1760. The highest BCUT2D eigenvalue weighted by atomic mass is 16.6. The van der Waals surface area contributed by atoms with Crippen LogP contribution in [0, 0.1) is 11.8 Å². The van der Waals surface area contributed by atoms with E-state index in [-0.39, 0.29) is 32.1 Å². The molecule has 0 saturated carbocycles. The lowest BCUT2D eigenvalue weighted by Crippen LogP contribution is -2.57. The highest BCUT2D eigenvalue weighted by Gasteiger charge is 2.74. The van der Waals surface area contributed by atoms with E-state index in [9.17, 15) is 19.5 Å². The van der Waals surface area contributed by atoms with Gasteiger partial charge in [0.1, 0.15) is 35.9 Å². The van der Waals surface area contributed by atoms with Crippen LogP contribution in [0.15, 0.2) is 78.9 Å². The average Bonchev–Trinajstić information content (AvgIpc) is 3.83. The topological polar surface area (TPSA) is 156 Å². The van der Waals surface area contributed by atoms with Gasteiger partial charge in [0.05, 0.1) is 36.7 Å². The average molecular weight is 641 g/mol. The minimum atomic E-state index is -1.48. The molecule has 7 atom stereocenters. The van der Waals surface area contributed by atoms with Crippen molar-refractivity contribution in [3.8, 4) is 0 Å². The molecule has 1 spiro atoms. The number of aliphatic hydroxyl groups is 1. The van der Waals surface area contributed by atoms with Gasteiger partial charge in [-0.2, -0.15) is 0 Å². The summed E-state index contributed by atoms with van der Waals surface area (Å²) in [5.41, 5.74) is 0.522. The molecule has 244 valence electrons. The lowest BCUT2D eigenvalue weighted by molar-refractivity contribution is -0.159. The molecule has 5 bridgehead atoms. The van der Waals surface area contributed by atoms with Gasteiger partial charge in [0.2, 0.25) is 11.8 Å². The van der Waals surface area contributed by atoms with E-state index in [0.29, 0.717) is 23.0 Å². The maximum absolute atomic E-state index is 15.0. The molecule has 5 heterocycles. The number of amides is 3. The molecule has 4 aliphatic heterocycles. The first-order chi connectivity index (χ1) is 22.8. The van der Waals surface area contributed by atoms with Crippen molar-refractivity contribution in [2.24, 2.45) is 11.8 Å². The number of aromatic nitrogens is 3. The number of fused-ring (bicyclic) bond motifs is 3. The number of esters is 1. The minimum absolute atomic E-state index is 0.00525. The number of cyclic esters (lactones) is 1. The third-order valence-corrected chi connectivity index (χ3v) is 9.48. The van der Waals surface area contributed by atoms with E-state index in [1.54, 1.807) is 59.0 Å². The number of aliphatic hydroxyl groups excluding tert-OH is 1. The first-order valence-corrected chi connectivity index (χ1v) is 15.9. The summed E-state index contributed by atoms with van der Waals surface area (Å²) in [5, 5.41) is 22.1. The summed E-state index contributed by atoms with van der Waals surface area (Å²) in [6.07, 6.45) is 6.26. The normalized spacial score (nSPS) is 30.8. The first kappa shape index (κ1) is 30.8. The molecule has 47 heavy (non-hydrogen) atoms. The van der Waals surface area contributed by atoms with Crippen molar-refractivity contribution in [2.75, 3.05) is 19.7 Å². The van der Waals surface area contributed by atoms with Crippen molar-refractivity contribution >= 4 is 34.7 Å². The summed E-state index contributed by atoms with van der Waals surface area (Å²) in [4.78, 5) is 58.8. The molecule has 2 saturated heterocycles. The predicted molar refractivity (Wildman–Crippen MR) is 167 cm³/mol. The van der Waals surface area contributed by atoms with Crippen molar-refractivity contribution in [2.45, 2.75) is 56.3 Å². The van der Waals surface area contributed by atoms with Gasteiger partial charge in [0, 0.05) is 13.0 Å². The van der Waals surface area contributed by atoms with Gasteiger partial charge in [0.25, 0.3) is 5.91 Å². The van der Waals surface area contributed by atoms with Gasteiger partial charge < -0.3 is 29.7 Å². The quantitative estimate of drug-likeness (QED) is 0.312. The number of hydrogen-bond acceptors (Lipinski definition) is 9. The van der Waals surface area contributed by atoms with E-state index in [2.05, 4.69) is 15.6 Å². The summed E-state index contributed by atoms with van der Waals surface area (Å²) in [6, 6.07) is 14.3. The Labute approximate surface area is 270 Å². The van der Waals surface area contributed by atoms with Crippen molar-refractivity contribution in [3.63, 3.8) is 0 Å². The Morgan fingerprint density at radius 3 is 2.64 bits per heavy atom. The molecule has 0 unspecified atom stereocenters. The highest BCUT2D eigenvalue weighted by molar-refractivity contribution is 5.99. The number of ether oxygens (including phenoxy) is 2. The molecule has 13 nitrogen and oxygen atoms in total. The fraction of sp³-hybridized carbons (Fsp3) is 0.412. The van der Waals surface area contributed by atoms with Gasteiger partial charge in [-0.3, -0.25) is 19.2 Å². The van der Waals surface area contributed by atoms with Crippen LogP contribution >= 0.6 is 0 Å². The summed E-state index contributed by atoms with van der Waals surface area (Å²) in [5.74, 6) is -3.87. The standard InChI is InChI=1S/C34H36N6O7/c1-21-18-35-27(42)14-6-3-9-17-38(20-39-24-13-8-7-12-23(24)36-37-39)32(44)30-34-16-15-26(47-34)28(33(45)46-21)29(34)31(43)40(30)25(19-41)22-10-4-2-5-11-22/h2-5,7-13,15-16,21,25-26,28-30,41H,6,14,17-20H2,1H3,(H,35,42)/b9-3-/t21-,25-,26+,28-,29-,30+,34-/m1/s1. The number of nitrogens with zero attached hydrogens (tertiary/aromatic N) is 5. The fourth-order valence-corrected chi connectivity index (χ4v) is 7.29. The number of hydrogen-bond donors (Lipinski definition) is 2. The number of carbonyl (C=O) groups is 4. The molecule has 3 aromatic rings. The number of nitrogens with one attached hydrogen (secondary N) is 1. The summed E-state index contributed by atoms with van der Waals surface area (Å²) in [6.45, 7) is 1.44. The third-order valence-electron chi connectivity index (χ3n) is 9.48. The number of likely N-dealkylation sites (tertiary alicyclic amines) is 1. The van der Waals surface area contributed by atoms with E-state index < -0.39 is 66.1 Å². The van der Waals surface area contributed by atoms with Crippen LogP contribution in [0.2, 0.25) is 0 Å². The van der Waals surface area contributed by atoms with Gasteiger partial charge in [0.15, 0.2) is 0 Å². The molecule has 2 N–H and O–H groups in total. The summed E-state index contributed by atoms with van der Waals surface area (Å²) >= 11 is 0. The maximum Gasteiger partial charge on any atom is 0.313 e. The van der Waals surface area contributed by atoms with E-state index in [4.69, 9.17) is 9.47 Å². The molecule has 13 heteroatoms. The summed E-state index contributed by atoms with van der Waals surface area (Å²) < 4.78 is 13.9. The van der Waals surface area contributed by atoms with Crippen LogP contribution in [0.5, 0.6) is 0 Å². The molecule has 0 aliphatic carbocycles. The zero-order chi connectivity index (χ0) is 32.7. The molecule has 7 rings (SSSR count). The van der Waals surface area contributed by atoms with Gasteiger partial charge in [-0.15, -0.1) is 5.10 Å². The summed E-state index contributed by atoms with van der Waals surface area (Å²) in [7, 11) is 0. The van der Waals surface area contributed by atoms with Crippen molar-refractivity contribution in [1.29, 1.82) is 0 Å². The second-order valence-electron chi connectivity index (χ2n) is 12.4. The fourth-order valence-electron chi connectivity index (χ4n) is 7.29. The molecule has 0 radical (unpaired) electrons. The number of para-hydroxylation sites is 1. The molecule has 2 fully saturated rings. The van der Waals surface area contributed by atoms with Crippen LogP contribution in [0.25, 0.3) is 11.0 Å². The van der Waals surface area contributed by atoms with Crippen LogP contribution < -0.4 is 5.32 Å². The molecule has 3 amide bonds. The third kappa shape index (κ3) is 5.28. The van der Waals surface area contributed by atoms with E-state index in [1.807, 2.05) is 36.4 Å². The zero-order valence-corrected chi connectivity index (χ0v) is 25.8. The monoisotopic (exact) mass is 640 g/mol. The van der Waals surface area contributed by atoms with Gasteiger partial charge in [-0.1, -0.05) is 72.0 Å². The Hall–Kier alpha value is -4.88. The molecular formula is C34H36N6O7. The van der Waals surface area contributed by atoms with E-state index in [0.717, 1.165) is 0 Å². The predicted octanol–water partition coefficient (Wildman–Crippen LogP) is 1.50. The number of allylic oxidation sites excluding steroid dienone is 1. The Kier molecular flexibility index (Phi) is 8.10. The molecule has 1 aromatic heterocycles. The van der Waals surface area contributed by atoms with E-state index in [1.165, 1.54) is 4.90 Å². The maximum atomic E-state index is 15.0. The second kappa shape index (κ2) is 12.4. The first-order valence-electron chi connectivity index (χ1n) is 15.9. The Morgan fingerprint density at radius 1 is 1.04 bits per heavy atom. The number of rotatable bonds is 5. The highest BCUT2D eigenvalue weighted by Crippen LogP contribution is 2.57. The lowest BCUT2D eigenvalue weighted by atomic mass is 9.74. The molecular weight excluding hydrogens is 604 g/mol. The second-order valence-corrected chi connectivity index (χ2v) is 12.4. The SMILES string of the molecule is C[C@@H]1CNC(=O)CC/C=C\CN(Cn2nnc3ccccc32)C(=O)[C@@H]2N([C@H](CO)c3ccccc3)C(=O)[C@H]3[C@H](C(=O)O1)[C@@H]1C=C[C@]23O1. The zero-order valence-electron chi connectivity index (χ0n) is 25.8. The lowest BCUT2D eigenvalue weighted by Gasteiger charge is -2.38. The van der Waals surface area contributed by atoms with Crippen molar-refractivity contribution < 1.29 is 33.8 Å². The number of benzene rings is 2. The van der Waals surface area contributed by atoms with Crippen LogP contribution in [-0.4, -0.2) is 97.1 Å². The van der Waals surface area contributed by atoms with Crippen LogP contribution in [-0.2, 0) is 35.3 Å². The van der Waals surface area contributed by atoms with Gasteiger partial charge in [-0.25, -0.2) is 4.68 Å². The molecule has 4 aliphatic rings. The Morgan fingerprint density at radius 2 is 1.83 bits per heavy atom. The van der Waals surface area contributed by atoms with Crippen LogP contribution in [0.1, 0.15) is 31.4 Å². The van der Waals surface area contributed by atoms with Gasteiger partial charge in [-0.05, 0) is 31.0 Å². The Balaban J connectivity index is 1.34. The van der Waals surface area contributed by atoms with E-state index >= 15 is 4.79 Å².